The summed E-state index contributed by atoms with van der Waals surface area (Å²) in [7, 11) is 0. The Morgan fingerprint density at radius 1 is 1.00 bits per heavy atom. The summed E-state index contributed by atoms with van der Waals surface area (Å²) < 4.78 is 84.8. The van der Waals surface area contributed by atoms with Gasteiger partial charge in [-0.3, -0.25) is 4.98 Å². The number of carbonyl (C=O) groups excluding carboxylic acids is 1. The monoisotopic (exact) mass is 444 g/mol. The van der Waals surface area contributed by atoms with E-state index in [1.54, 1.807) is 6.92 Å². The SMILES string of the molecule is CCOC(=O)c1nnn(Cc2cc(C(F)(F)F)cc(C(F)(F)F)c2)c1-c1ccncc1. The topological polar surface area (TPSA) is 69.9 Å². The van der Waals surface area contributed by atoms with E-state index in [1.165, 1.54) is 24.5 Å². The van der Waals surface area contributed by atoms with Crippen molar-refractivity contribution in [2.24, 2.45) is 0 Å². The number of pyridine rings is 1. The largest absolute Gasteiger partial charge is 0.461 e. The van der Waals surface area contributed by atoms with E-state index >= 15 is 0 Å². The van der Waals surface area contributed by atoms with Gasteiger partial charge in [-0.15, -0.1) is 5.10 Å². The van der Waals surface area contributed by atoms with E-state index in [0.717, 1.165) is 4.68 Å². The molecule has 0 bridgehead atoms. The molecular weight excluding hydrogens is 430 g/mol. The number of alkyl halides is 6. The number of hydrogen-bond acceptors (Lipinski definition) is 5. The zero-order valence-corrected chi connectivity index (χ0v) is 15.8. The number of esters is 1. The molecule has 12 heteroatoms. The Hall–Kier alpha value is -3.44. The van der Waals surface area contributed by atoms with Gasteiger partial charge in [0.1, 0.15) is 5.69 Å². The highest BCUT2D eigenvalue weighted by Crippen LogP contribution is 2.36. The van der Waals surface area contributed by atoms with Crippen LogP contribution >= 0.6 is 0 Å². The van der Waals surface area contributed by atoms with Crippen LogP contribution in [-0.4, -0.2) is 32.6 Å². The van der Waals surface area contributed by atoms with Crippen molar-refractivity contribution in [3.63, 3.8) is 0 Å². The number of rotatable bonds is 5. The molecule has 0 saturated heterocycles. The molecule has 3 rings (SSSR count). The average molecular weight is 444 g/mol. The standard InChI is InChI=1S/C19H14F6N4O2/c1-2-31-17(30)15-16(12-3-5-26-6-4-12)29(28-27-15)10-11-7-13(18(20,21)22)9-14(8-11)19(23,24)25/h3-9H,2,10H2,1H3. The Balaban J connectivity index is 2.12. The molecule has 1 aromatic carbocycles. The fraction of sp³-hybridized carbons (Fsp3) is 0.263. The van der Waals surface area contributed by atoms with E-state index in [2.05, 4.69) is 15.3 Å². The second-order valence-electron chi connectivity index (χ2n) is 6.31. The Labute approximate surface area is 171 Å². The van der Waals surface area contributed by atoms with Crippen LogP contribution in [0, 0.1) is 0 Å². The Kier molecular flexibility index (Phi) is 6.00. The van der Waals surface area contributed by atoms with E-state index in [-0.39, 0.29) is 29.6 Å². The maximum atomic E-state index is 13.1. The number of hydrogen-bond donors (Lipinski definition) is 0. The molecule has 31 heavy (non-hydrogen) atoms. The highest BCUT2D eigenvalue weighted by molar-refractivity contribution is 5.94. The molecule has 3 aromatic rings. The summed E-state index contributed by atoms with van der Waals surface area (Å²) in [6, 6.07) is 4.21. The maximum Gasteiger partial charge on any atom is 0.416 e. The van der Waals surface area contributed by atoms with Crippen LogP contribution < -0.4 is 0 Å². The molecule has 164 valence electrons. The molecule has 2 aromatic heterocycles. The highest BCUT2D eigenvalue weighted by Gasteiger charge is 2.37. The lowest BCUT2D eigenvalue weighted by atomic mass is 10.0. The fourth-order valence-corrected chi connectivity index (χ4v) is 2.84. The summed E-state index contributed by atoms with van der Waals surface area (Å²) in [4.78, 5) is 16.1. The van der Waals surface area contributed by atoms with E-state index in [4.69, 9.17) is 4.74 Å². The van der Waals surface area contributed by atoms with Gasteiger partial charge in [0, 0.05) is 18.0 Å². The Bertz CT molecular complexity index is 1040. The molecule has 0 unspecified atom stereocenters. The van der Waals surface area contributed by atoms with E-state index in [9.17, 15) is 31.1 Å². The second-order valence-corrected chi connectivity index (χ2v) is 6.31. The first-order chi connectivity index (χ1) is 14.5. The van der Waals surface area contributed by atoms with Crippen molar-refractivity contribution in [2.45, 2.75) is 25.8 Å². The van der Waals surface area contributed by atoms with Crippen LogP contribution in [0.15, 0.2) is 42.7 Å². The van der Waals surface area contributed by atoms with Crippen LogP contribution in [0.4, 0.5) is 26.3 Å². The highest BCUT2D eigenvalue weighted by atomic mass is 19.4. The molecule has 2 heterocycles. The first kappa shape index (κ1) is 22.2. The van der Waals surface area contributed by atoms with Gasteiger partial charge in [-0.25, -0.2) is 9.48 Å². The molecule has 0 aliphatic carbocycles. The maximum absolute atomic E-state index is 13.1. The molecule has 0 amide bonds. The van der Waals surface area contributed by atoms with Gasteiger partial charge in [0.15, 0.2) is 5.69 Å². The summed E-state index contributed by atoms with van der Waals surface area (Å²) >= 11 is 0. The van der Waals surface area contributed by atoms with Gasteiger partial charge in [0.05, 0.1) is 24.3 Å². The van der Waals surface area contributed by atoms with Crippen molar-refractivity contribution in [1.29, 1.82) is 0 Å². The third-order valence-electron chi connectivity index (χ3n) is 4.14. The summed E-state index contributed by atoms with van der Waals surface area (Å²) in [5.74, 6) is -0.833. The smallest absolute Gasteiger partial charge is 0.416 e. The summed E-state index contributed by atoms with van der Waals surface area (Å²) in [5.41, 5.74) is -2.99. The van der Waals surface area contributed by atoms with Crippen LogP contribution in [0.5, 0.6) is 0 Å². The first-order valence-corrected chi connectivity index (χ1v) is 8.80. The molecule has 0 spiro atoms. The van der Waals surface area contributed by atoms with Crippen molar-refractivity contribution >= 4 is 5.97 Å². The van der Waals surface area contributed by atoms with Crippen molar-refractivity contribution in [3.8, 4) is 11.3 Å². The number of ether oxygens (including phenoxy) is 1. The van der Waals surface area contributed by atoms with Gasteiger partial charge in [-0.05, 0) is 42.8 Å². The van der Waals surface area contributed by atoms with Crippen molar-refractivity contribution in [2.75, 3.05) is 6.61 Å². The van der Waals surface area contributed by atoms with E-state index < -0.39 is 36.0 Å². The second kappa shape index (κ2) is 8.36. The minimum atomic E-state index is -4.98. The van der Waals surface area contributed by atoms with Crippen LogP contribution in [0.1, 0.15) is 34.1 Å². The average Bonchev–Trinajstić information content (AvgIpc) is 3.11. The van der Waals surface area contributed by atoms with Gasteiger partial charge in [-0.2, -0.15) is 26.3 Å². The lowest BCUT2D eigenvalue weighted by Gasteiger charge is -2.15. The zero-order chi connectivity index (χ0) is 22.8. The molecule has 0 N–H and O–H groups in total. The lowest BCUT2D eigenvalue weighted by Crippen LogP contribution is -2.14. The molecule has 0 aliphatic heterocycles. The molecule has 0 aliphatic rings. The van der Waals surface area contributed by atoms with Crippen molar-refractivity contribution in [3.05, 3.63) is 65.1 Å². The first-order valence-electron chi connectivity index (χ1n) is 8.80. The van der Waals surface area contributed by atoms with Crippen LogP contribution in [0.3, 0.4) is 0 Å². The predicted molar refractivity (Wildman–Crippen MR) is 94.8 cm³/mol. The number of halogens is 6. The minimum Gasteiger partial charge on any atom is -0.461 e. The lowest BCUT2D eigenvalue weighted by molar-refractivity contribution is -0.143. The summed E-state index contributed by atoms with van der Waals surface area (Å²) in [6.07, 6.45) is -7.17. The molecular formula is C19H14F6N4O2. The number of carbonyl (C=O) groups is 1. The van der Waals surface area contributed by atoms with Gasteiger partial charge in [0.25, 0.3) is 0 Å². The van der Waals surface area contributed by atoms with Crippen LogP contribution in [0.25, 0.3) is 11.3 Å². The van der Waals surface area contributed by atoms with Crippen molar-refractivity contribution < 1.29 is 35.9 Å². The summed E-state index contributed by atoms with van der Waals surface area (Å²) in [6.45, 7) is 1.09. The van der Waals surface area contributed by atoms with Gasteiger partial charge >= 0.3 is 18.3 Å². The number of aromatic nitrogens is 4. The molecule has 0 saturated carbocycles. The van der Waals surface area contributed by atoms with Gasteiger partial charge < -0.3 is 4.74 Å². The predicted octanol–water partition coefficient (Wildman–Crippen LogP) is 4.60. The molecule has 6 nitrogen and oxygen atoms in total. The number of benzene rings is 1. The zero-order valence-electron chi connectivity index (χ0n) is 15.8. The Morgan fingerprint density at radius 3 is 2.10 bits per heavy atom. The molecule has 0 radical (unpaired) electrons. The molecule has 0 atom stereocenters. The summed E-state index contributed by atoms with van der Waals surface area (Å²) in [5, 5.41) is 7.48. The fourth-order valence-electron chi connectivity index (χ4n) is 2.84. The van der Waals surface area contributed by atoms with Crippen molar-refractivity contribution in [1.82, 2.24) is 20.0 Å². The number of nitrogens with zero attached hydrogens (tertiary/aromatic N) is 4. The van der Waals surface area contributed by atoms with E-state index in [1.807, 2.05) is 0 Å². The van der Waals surface area contributed by atoms with E-state index in [0.29, 0.717) is 17.7 Å². The normalized spacial score (nSPS) is 12.1. The molecule has 0 fully saturated rings. The minimum absolute atomic E-state index is 0.0318. The van der Waals surface area contributed by atoms with Gasteiger partial charge in [0.2, 0.25) is 0 Å². The van der Waals surface area contributed by atoms with Crippen LogP contribution in [-0.2, 0) is 23.6 Å². The quantitative estimate of drug-likeness (QED) is 0.425. The third kappa shape index (κ3) is 5.01. The van der Waals surface area contributed by atoms with Gasteiger partial charge in [-0.1, -0.05) is 5.21 Å². The Morgan fingerprint density at radius 2 is 1.58 bits per heavy atom. The van der Waals surface area contributed by atoms with Crippen LogP contribution in [0.2, 0.25) is 0 Å². The third-order valence-corrected chi connectivity index (χ3v) is 4.14.